The molecule has 0 aliphatic carbocycles. The van der Waals surface area contributed by atoms with E-state index in [0.717, 1.165) is 11.4 Å². The lowest BCUT2D eigenvalue weighted by Gasteiger charge is -2.22. The highest BCUT2D eigenvalue weighted by atomic mass is 15.3. The highest BCUT2D eigenvalue weighted by Crippen LogP contribution is 2.25. The smallest absolute Gasteiger partial charge is 0.252 e. The summed E-state index contributed by atoms with van der Waals surface area (Å²) in [5, 5.41) is 11.8. The van der Waals surface area contributed by atoms with E-state index in [4.69, 9.17) is 4.98 Å². The van der Waals surface area contributed by atoms with Crippen LogP contribution in [0.2, 0.25) is 0 Å². The summed E-state index contributed by atoms with van der Waals surface area (Å²) < 4.78 is 0. The first-order valence-electron chi connectivity index (χ1n) is 9.18. The van der Waals surface area contributed by atoms with Crippen molar-refractivity contribution in [3.8, 4) is 0 Å². The predicted molar refractivity (Wildman–Crippen MR) is 113 cm³/mol. The second-order valence-corrected chi connectivity index (χ2v) is 6.54. The van der Waals surface area contributed by atoms with E-state index in [-0.39, 0.29) is 0 Å². The van der Waals surface area contributed by atoms with Crippen LogP contribution in [0.5, 0.6) is 0 Å². The number of hydrogen-bond donors (Lipinski definition) is 1. The van der Waals surface area contributed by atoms with Crippen LogP contribution in [0.25, 0.3) is 0 Å². The molecule has 3 aromatic carbocycles. The zero-order valence-corrected chi connectivity index (χ0v) is 15.7. The van der Waals surface area contributed by atoms with Crippen LogP contribution in [0.4, 0.5) is 23.1 Å². The summed E-state index contributed by atoms with van der Waals surface area (Å²) in [5.41, 5.74) is 4.34. The van der Waals surface area contributed by atoms with Crippen molar-refractivity contribution in [3.05, 3.63) is 102 Å². The van der Waals surface area contributed by atoms with Gasteiger partial charge in [0.1, 0.15) is 0 Å². The Morgan fingerprint density at radius 1 is 0.857 bits per heavy atom. The van der Waals surface area contributed by atoms with E-state index in [9.17, 15) is 0 Å². The number of para-hydroxylation sites is 1. The lowest BCUT2D eigenvalue weighted by atomic mass is 10.2. The van der Waals surface area contributed by atoms with Crippen molar-refractivity contribution >= 4 is 23.1 Å². The molecule has 4 aromatic rings. The van der Waals surface area contributed by atoms with Crippen molar-refractivity contribution < 1.29 is 0 Å². The molecule has 0 unspecified atom stereocenters. The predicted octanol–water partition coefficient (Wildman–Crippen LogP) is 5.26. The number of nitrogens with one attached hydrogen (secondary N) is 1. The van der Waals surface area contributed by atoms with Crippen LogP contribution in [0.3, 0.4) is 0 Å². The molecule has 28 heavy (non-hydrogen) atoms. The van der Waals surface area contributed by atoms with E-state index in [0.29, 0.717) is 18.3 Å². The SMILES string of the molecule is Cc1cccc(Nc2cnnc(N(Cc3ccccc3)c3ccccc3)n2)c1. The normalized spacial score (nSPS) is 10.5. The average molecular weight is 367 g/mol. The second kappa shape index (κ2) is 8.31. The van der Waals surface area contributed by atoms with Gasteiger partial charge in [-0.1, -0.05) is 60.7 Å². The fourth-order valence-corrected chi connectivity index (χ4v) is 2.99. The number of hydrogen-bond acceptors (Lipinski definition) is 5. The third kappa shape index (κ3) is 4.32. The Balaban J connectivity index is 1.66. The van der Waals surface area contributed by atoms with Gasteiger partial charge in [-0.2, -0.15) is 10.1 Å². The van der Waals surface area contributed by atoms with Gasteiger partial charge in [0.2, 0.25) is 0 Å². The molecule has 0 aliphatic heterocycles. The maximum Gasteiger partial charge on any atom is 0.252 e. The molecule has 0 fully saturated rings. The van der Waals surface area contributed by atoms with Crippen molar-refractivity contribution in [1.29, 1.82) is 0 Å². The Kier molecular flexibility index (Phi) is 5.24. The van der Waals surface area contributed by atoms with E-state index in [1.807, 2.05) is 60.7 Å². The molecule has 0 spiro atoms. The zero-order chi connectivity index (χ0) is 19.2. The fourth-order valence-electron chi connectivity index (χ4n) is 2.99. The standard InChI is InChI=1S/C23H21N5/c1-18-9-8-12-20(15-18)25-22-16-24-27-23(26-22)28(21-13-6-3-7-14-21)17-19-10-4-2-5-11-19/h2-16H,17H2,1H3,(H,25,26,27). The molecule has 0 aliphatic rings. The Hall–Kier alpha value is -3.73. The van der Waals surface area contributed by atoms with E-state index in [1.165, 1.54) is 11.1 Å². The molecule has 0 radical (unpaired) electrons. The molecule has 0 amide bonds. The first-order valence-corrected chi connectivity index (χ1v) is 9.18. The summed E-state index contributed by atoms with van der Waals surface area (Å²) in [6.07, 6.45) is 1.64. The minimum atomic E-state index is 0.549. The third-order valence-corrected chi connectivity index (χ3v) is 4.33. The topological polar surface area (TPSA) is 53.9 Å². The highest BCUT2D eigenvalue weighted by molar-refractivity contribution is 5.61. The van der Waals surface area contributed by atoms with Gasteiger partial charge in [-0.3, -0.25) is 0 Å². The maximum atomic E-state index is 4.71. The van der Waals surface area contributed by atoms with Crippen LogP contribution >= 0.6 is 0 Å². The Morgan fingerprint density at radius 2 is 1.61 bits per heavy atom. The van der Waals surface area contributed by atoms with Crippen molar-refractivity contribution in [2.75, 3.05) is 10.2 Å². The number of anilines is 4. The molecule has 0 atom stereocenters. The van der Waals surface area contributed by atoms with Crippen LogP contribution in [-0.4, -0.2) is 15.2 Å². The van der Waals surface area contributed by atoms with E-state index < -0.39 is 0 Å². The molecule has 1 N–H and O–H groups in total. The molecule has 0 saturated carbocycles. The zero-order valence-electron chi connectivity index (χ0n) is 15.7. The molecule has 5 nitrogen and oxygen atoms in total. The summed E-state index contributed by atoms with van der Waals surface area (Å²) in [7, 11) is 0. The number of nitrogens with zero attached hydrogens (tertiary/aromatic N) is 4. The summed E-state index contributed by atoms with van der Waals surface area (Å²) >= 11 is 0. The minimum absolute atomic E-state index is 0.549. The molecule has 1 aromatic heterocycles. The summed E-state index contributed by atoms with van der Waals surface area (Å²) in [6.45, 7) is 2.71. The van der Waals surface area contributed by atoms with Crippen LogP contribution < -0.4 is 10.2 Å². The number of benzene rings is 3. The second-order valence-electron chi connectivity index (χ2n) is 6.54. The van der Waals surface area contributed by atoms with E-state index in [1.54, 1.807) is 6.20 Å². The number of aromatic nitrogens is 3. The van der Waals surface area contributed by atoms with Crippen LogP contribution in [0, 0.1) is 6.92 Å². The van der Waals surface area contributed by atoms with Gasteiger partial charge >= 0.3 is 0 Å². The Bertz CT molecular complexity index is 1030. The number of aryl methyl sites for hydroxylation is 1. The summed E-state index contributed by atoms with van der Waals surface area (Å²) in [4.78, 5) is 6.77. The molecular formula is C23H21N5. The van der Waals surface area contributed by atoms with Gasteiger partial charge in [0.05, 0.1) is 12.7 Å². The van der Waals surface area contributed by atoms with Gasteiger partial charge in [0.25, 0.3) is 5.95 Å². The minimum Gasteiger partial charge on any atom is -0.339 e. The molecule has 138 valence electrons. The van der Waals surface area contributed by atoms with Crippen molar-refractivity contribution in [2.45, 2.75) is 13.5 Å². The van der Waals surface area contributed by atoms with Gasteiger partial charge in [-0.15, -0.1) is 5.10 Å². The Morgan fingerprint density at radius 3 is 2.36 bits per heavy atom. The molecule has 5 heteroatoms. The van der Waals surface area contributed by atoms with Crippen molar-refractivity contribution in [2.24, 2.45) is 0 Å². The van der Waals surface area contributed by atoms with Gasteiger partial charge in [-0.05, 0) is 42.3 Å². The van der Waals surface area contributed by atoms with Gasteiger partial charge < -0.3 is 10.2 Å². The third-order valence-electron chi connectivity index (χ3n) is 4.33. The van der Waals surface area contributed by atoms with Crippen molar-refractivity contribution in [1.82, 2.24) is 15.2 Å². The quantitative estimate of drug-likeness (QED) is 0.504. The maximum absolute atomic E-state index is 4.71. The number of rotatable bonds is 6. The van der Waals surface area contributed by atoms with E-state index in [2.05, 4.69) is 51.6 Å². The van der Waals surface area contributed by atoms with Crippen LogP contribution in [0.15, 0.2) is 91.1 Å². The monoisotopic (exact) mass is 367 g/mol. The van der Waals surface area contributed by atoms with Gasteiger partial charge in [-0.25, -0.2) is 0 Å². The first kappa shape index (κ1) is 17.7. The molecule has 1 heterocycles. The molecule has 4 rings (SSSR count). The first-order chi connectivity index (χ1) is 13.8. The van der Waals surface area contributed by atoms with Crippen molar-refractivity contribution in [3.63, 3.8) is 0 Å². The molecule has 0 bridgehead atoms. The highest BCUT2D eigenvalue weighted by Gasteiger charge is 2.14. The summed E-state index contributed by atoms with van der Waals surface area (Å²) in [5.74, 6) is 1.21. The average Bonchev–Trinajstić information content (AvgIpc) is 2.74. The molecule has 0 saturated heterocycles. The van der Waals surface area contributed by atoms with Gasteiger partial charge in [0, 0.05) is 11.4 Å². The van der Waals surface area contributed by atoms with Crippen LogP contribution in [-0.2, 0) is 6.54 Å². The largest absolute Gasteiger partial charge is 0.339 e. The van der Waals surface area contributed by atoms with Gasteiger partial charge in [0.15, 0.2) is 5.82 Å². The fraction of sp³-hybridized carbons (Fsp3) is 0.0870. The van der Waals surface area contributed by atoms with E-state index >= 15 is 0 Å². The van der Waals surface area contributed by atoms with Crippen LogP contribution in [0.1, 0.15) is 11.1 Å². The summed E-state index contributed by atoms with van der Waals surface area (Å²) in [6, 6.07) is 28.5. The Labute approximate surface area is 164 Å². The lowest BCUT2D eigenvalue weighted by Crippen LogP contribution is -2.20. The molecular weight excluding hydrogens is 346 g/mol. The lowest BCUT2D eigenvalue weighted by molar-refractivity contribution is 0.865.